The van der Waals surface area contributed by atoms with Crippen LogP contribution in [-0.2, 0) is 21.5 Å². The van der Waals surface area contributed by atoms with E-state index in [-0.39, 0.29) is 12.2 Å². The van der Waals surface area contributed by atoms with Gasteiger partial charge in [-0.15, -0.1) is 0 Å². The number of benzene rings is 2. The first-order valence-electron chi connectivity index (χ1n) is 12.3. The summed E-state index contributed by atoms with van der Waals surface area (Å²) in [6.07, 6.45) is -2.22. The normalized spacial score (nSPS) is 17.8. The fourth-order valence-electron chi connectivity index (χ4n) is 4.26. The van der Waals surface area contributed by atoms with Crippen LogP contribution in [0.1, 0.15) is 41.3 Å². The van der Waals surface area contributed by atoms with E-state index in [9.17, 15) is 26.3 Å². The molecule has 0 bridgehead atoms. The molecule has 3 heterocycles. The Balaban J connectivity index is 0.000000225. The van der Waals surface area contributed by atoms with Crippen molar-refractivity contribution in [1.82, 2.24) is 14.5 Å². The predicted octanol–water partition coefficient (Wildman–Crippen LogP) is 6.91. The number of methoxy groups -OCH3 is 1. The summed E-state index contributed by atoms with van der Waals surface area (Å²) in [5.41, 5.74) is -0.244. The molecule has 0 N–H and O–H groups in total. The molecule has 2 aliphatic rings. The number of imidazole rings is 1. The molecule has 1 fully saturated rings. The molecular weight excluding hydrogens is 554 g/mol. The molecule has 0 amide bonds. The van der Waals surface area contributed by atoms with Gasteiger partial charge in [-0.05, 0) is 42.8 Å². The molecular formula is C28H30F6N4O3. The molecule has 7 nitrogen and oxygen atoms in total. The van der Waals surface area contributed by atoms with Crippen LogP contribution in [0.4, 0.5) is 26.3 Å². The highest BCUT2D eigenvalue weighted by Gasteiger charge is 2.46. The van der Waals surface area contributed by atoms with Crippen molar-refractivity contribution >= 4 is 11.9 Å². The number of amidine groups is 1. The van der Waals surface area contributed by atoms with Crippen LogP contribution in [0.5, 0.6) is 5.75 Å². The van der Waals surface area contributed by atoms with Crippen molar-refractivity contribution < 1.29 is 40.7 Å². The lowest BCUT2D eigenvalue weighted by atomic mass is 9.96. The number of morpholine rings is 1. The Hall–Kier alpha value is -4.00. The summed E-state index contributed by atoms with van der Waals surface area (Å²) in [4.78, 5) is 11.1. The van der Waals surface area contributed by atoms with Crippen LogP contribution in [0, 0.1) is 6.92 Å². The SMILES string of the molecule is C=Cc1ccc(-n2cnc(C)c2)c(OC)c1.CC1(c2cc(C(F)F)cc(C(F)(F)F)c2)ON=C2COCCN21.CF. The monoisotopic (exact) mass is 584 g/mol. The summed E-state index contributed by atoms with van der Waals surface area (Å²) < 4.78 is 87.0. The number of halogens is 6. The Morgan fingerprint density at radius 2 is 1.88 bits per heavy atom. The van der Waals surface area contributed by atoms with Crippen LogP contribution < -0.4 is 4.74 Å². The van der Waals surface area contributed by atoms with Crippen LogP contribution in [0.2, 0.25) is 0 Å². The summed E-state index contributed by atoms with van der Waals surface area (Å²) in [6.45, 7) is 8.05. The minimum absolute atomic E-state index is 0.0247. The topological polar surface area (TPSA) is 61.1 Å². The van der Waals surface area contributed by atoms with Crippen LogP contribution in [0.15, 0.2) is 60.7 Å². The van der Waals surface area contributed by atoms with Gasteiger partial charge in [-0.3, -0.25) is 4.39 Å². The first kappa shape index (κ1) is 31.5. The Morgan fingerprint density at radius 3 is 2.46 bits per heavy atom. The number of hydrogen-bond donors (Lipinski definition) is 0. The molecule has 0 saturated carbocycles. The molecule has 1 unspecified atom stereocenters. The van der Waals surface area contributed by atoms with Crippen LogP contribution in [-0.4, -0.2) is 54.3 Å². The fourth-order valence-corrected chi connectivity index (χ4v) is 4.26. The Kier molecular flexibility index (Phi) is 10.1. The molecule has 1 saturated heterocycles. The third-order valence-corrected chi connectivity index (χ3v) is 6.35. The summed E-state index contributed by atoms with van der Waals surface area (Å²) in [7, 11) is 2.16. The number of nitrogens with zero attached hydrogens (tertiary/aromatic N) is 4. The van der Waals surface area contributed by atoms with Crippen molar-refractivity contribution in [2.24, 2.45) is 5.16 Å². The highest BCUT2D eigenvalue weighted by molar-refractivity contribution is 5.85. The second kappa shape index (κ2) is 13.1. The fraction of sp³-hybridized carbons (Fsp3) is 0.357. The molecule has 1 atom stereocenters. The van der Waals surface area contributed by atoms with Crippen molar-refractivity contribution in [3.8, 4) is 11.4 Å². The second-order valence-electron chi connectivity index (χ2n) is 8.99. The average molecular weight is 585 g/mol. The summed E-state index contributed by atoms with van der Waals surface area (Å²) >= 11 is 0. The lowest BCUT2D eigenvalue weighted by molar-refractivity contribution is -0.138. The molecule has 13 heteroatoms. The van der Waals surface area contributed by atoms with E-state index in [4.69, 9.17) is 14.3 Å². The van der Waals surface area contributed by atoms with Gasteiger partial charge in [0.05, 0.1) is 44.2 Å². The molecule has 0 aliphatic carbocycles. The third kappa shape index (κ3) is 7.02. The molecule has 222 valence electrons. The Labute approximate surface area is 233 Å². The molecule has 41 heavy (non-hydrogen) atoms. The van der Waals surface area contributed by atoms with E-state index >= 15 is 0 Å². The number of alkyl halides is 6. The highest BCUT2D eigenvalue weighted by atomic mass is 19.4. The van der Waals surface area contributed by atoms with Crippen LogP contribution in [0.25, 0.3) is 11.8 Å². The number of fused-ring (bicyclic) bond motifs is 1. The van der Waals surface area contributed by atoms with E-state index < -0.39 is 29.5 Å². The van der Waals surface area contributed by atoms with Gasteiger partial charge in [-0.25, -0.2) is 13.8 Å². The largest absolute Gasteiger partial charge is 0.495 e. The summed E-state index contributed by atoms with van der Waals surface area (Å²) in [6, 6.07) is 8.25. The van der Waals surface area contributed by atoms with Gasteiger partial charge in [0.1, 0.15) is 12.4 Å². The molecule has 5 rings (SSSR count). The first-order chi connectivity index (χ1) is 19.5. The highest BCUT2D eigenvalue weighted by Crippen LogP contribution is 2.40. The maximum Gasteiger partial charge on any atom is 0.416 e. The van der Waals surface area contributed by atoms with Crippen LogP contribution >= 0.6 is 0 Å². The third-order valence-electron chi connectivity index (χ3n) is 6.35. The van der Waals surface area contributed by atoms with Crippen LogP contribution in [0.3, 0.4) is 0 Å². The van der Waals surface area contributed by atoms with E-state index in [2.05, 4.69) is 16.7 Å². The zero-order chi connectivity index (χ0) is 30.4. The first-order valence-corrected chi connectivity index (χ1v) is 12.3. The number of aryl methyl sites for hydroxylation is 1. The number of ether oxygens (including phenoxy) is 2. The van der Waals surface area contributed by atoms with Gasteiger partial charge in [0, 0.05) is 30.8 Å². The van der Waals surface area contributed by atoms with Gasteiger partial charge in [-0.2, -0.15) is 13.2 Å². The number of oxime groups is 1. The molecule has 3 aromatic rings. The number of rotatable bonds is 5. The van der Waals surface area contributed by atoms with E-state index in [0.717, 1.165) is 34.8 Å². The average Bonchev–Trinajstić information content (AvgIpc) is 3.57. The molecule has 0 radical (unpaired) electrons. The number of hydrogen-bond acceptors (Lipinski definition) is 6. The van der Waals surface area contributed by atoms with Gasteiger partial charge < -0.3 is 23.8 Å². The smallest absolute Gasteiger partial charge is 0.416 e. The van der Waals surface area contributed by atoms with Gasteiger partial charge in [0.15, 0.2) is 5.84 Å². The Morgan fingerprint density at radius 1 is 1.15 bits per heavy atom. The second-order valence-corrected chi connectivity index (χ2v) is 8.99. The van der Waals surface area contributed by atoms with Crippen molar-refractivity contribution in [2.45, 2.75) is 32.2 Å². The standard InChI is InChI=1S/C14H13F5N2O2.C13H14N2O.CH3F/c1-13(21-2-3-22-7-11(21)20-23-13)9-4-8(12(15)16)5-10(6-9)14(17,18)19;1-4-11-5-6-12(13(7-11)16-3)15-8-10(2)14-9-15;1-2/h4-6,12H,2-3,7H2,1H3;4-9H,1H2,2-3H3;1H3. The van der Waals surface area contributed by atoms with E-state index in [1.807, 2.05) is 35.9 Å². The molecule has 1 aromatic heterocycles. The quantitative estimate of drug-likeness (QED) is 0.305. The van der Waals surface area contributed by atoms with Gasteiger partial charge >= 0.3 is 6.18 Å². The van der Waals surface area contributed by atoms with E-state index in [1.165, 1.54) is 6.92 Å². The van der Waals surface area contributed by atoms with E-state index in [1.54, 1.807) is 24.4 Å². The molecule has 0 spiro atoms. The van der Waals surface area contributed by atoms with Gasteiger partial charge in [0.25, 0.3) is 6.43 Å². The molecule has 2 aromatic carbocycles. The van der Waals surface area contributed by atoms with Crippen molar-refractivity contribution in [2.75, 3.05) is 34.0 Å². The maximum absolute atomic E-state index is 13.0. The van der Waals surface area contributed by atoms with Crippen molar-refractivity contribution in [3.05, 3.63) is 83.4 Å². The van der Waals surface area contributed by atoms with Gasteiger partial charge in [0.2, 0.25) is 5.72 Å². The lowest BCUT2D eigenvalue weighted by Crippen LogP contribution is -2.49. The van der Waals surface area contributed by atoms with Gasteiger partial charge in [-0.1, -0.05) is 23.9 Å². The maximum atomic E-state index is 13.0. The molecule has 2 aliphatic heterocycles. The summed E-state index contributed by atoms with van der Waals surface area (Å²) in [5.74, 6) is 1.24. The van der Waals surface area contributed by atoms with Crippen molar-refractivity contribution in [1.29, 1.82) is 0 Å². The van der Waals surface area contributed by atoms with Crippen molar-refractivity contribution in [3.63, 3.8) is 0 Å². The lowest BCUT2D eigenvalue weighted by Gasteiger charge is -2.37. The predicted molar refractivity (Wildman–Crippen MR) is 142 cm³/mol. The minimum Gasteiger partial charge on any atom is -0.495 e. The zero-order valence-corrected chi connectivity index (χ0v) is 22.9. The zero-order valence-electron chi connectivity index (χ0n) is 22.9. The Bertz CT molecular complexity index is 1380. The minimum atomic E-state index is -4.73. The van der Waals surface area contributed by atoms with E-state index in [0.29, 0.717) is 32.2 Å². The summed E-state index contributed by atoms with van der Waals surface area (Å²) in [5, 5.41) is 3.80. The number of aromatic nitrogens is 2.